The number of carbonyl (C=O) groups is 1. The number of ether oxygens (including phenoxy) is 3. The molecule has 0 aromatic heterocycles. The second-order valence-electron chi connectivity index (χ2n) is 3.35. The molecule has 1 heterocycles. The Labute approximate surface area is 93.4 Å². The molecule has 1 aromatic rings. The molecular weight excluding hydrogens is 208 g/mol. The third-order valence-corrected chi connectivity index (χ3v) is 2.41. The van der Waals surface area contributed by atoms with Crippen LogP contribution >= 0.6 is 0 Å². The van der Waals surface area contributed by atoms with Gasteiger partial charge in [-0.3, -0.25) is 0 Å². The number of cyclic esters (lactones) is 1. The molecule has 1 aliphatic heterocycles. The summed E-state index contributed by atoms with van der Waals surface area (Å²) >= 11 is 0. The third-order valence-electron chi connectivity index (χ3n) is 2.41. The molecule has 0 atom stereocenters. The summed E-state index contributed by atoms with van der Waals surface area (Å²) in [6.07, 6.45) is 3.12. The Morgan fingerprint density at radius 2 is 1.81 bits per heavy atom. The molecule has 0 N–H and O–H groups in total. The van der Waals surface area contributed by atoms with Crippen molar-refractivity contribution in [3.63, 3.8) is 0 Å². The normalized spacial score (nSPS) is 13.8. The van der Waals surface area contributed by atoms with Crippen molar-refractivity contribution in [2.45, 2.75) is 6.61 Å². The van der Waals surface area contributed by atoms with Gasteiger partial charge in [-0.1, -0.05) is 0 Å². The number of methoxy groups -OCH3 is 2. The summed E-state index contributed by atoms with van der Waals surface area (Å²) in [5.41, 5.74) is 1.81. The van der Waals surface area contributed by atoms with Crippen molar-refractivity contribution >= 4 is 12.0 Å². The first-order valence-corrected chi connectivity index (χ1v) is 4.84. The SMILES string of the molecule is COc1cc2c(cc1OC)COC(=O)C=C2. The number of fused-ring (bicyclic) bond motifs is 1. The van der Waals surface area contributed by atoms with Crippen LogP contribution in [0.15, 0.2) is 18.2 Å². The van der Waals surface area contributed by atoms with Gasteiger partial charge in [0.25, 0.3) is 0 Å². The smallest absolute Gasteiger partial charge is 0.331 e. The average molecular weight is 220 g/mol. The molecule has 0 fully saturated rings. The van der Waals surface area contributed by atoms with Gasteiger partial charge in [-0.25, -0.2) is 4.79 Å². The number of benzene rings is 1. The highest BCUT2D eigenvalue weighted by atomic mass is 16.5. The molecule has 1 aromatic carbocycles. The monoisotopic (exact) mass is 220 g/mol. The molecule has 4 nitrogen and oxygen atoms in total. The maximum atomic E-state index is 11.1. The highest BCUT2D eigenvalue weighted by Crippen LogP contribution is 2.32. The van der Waals surface area contributed by atoms with Crippen molar-refractivity contribution in [1.82, 2.24) is 0 Å². The van der Waals surface area contributed by atoms with Crippen LogP contribution in [0.4, 0.5) is 0 Å². The zero-order valence-electron chi connectivity index (χ0n) is 9.15. The summed E-state index contributed by atoms with van der Waals surface area (Å²) in [4.78, 5) is 11.1. The summed E-state index contributed by atoms with van der Waals surface area (Å²) in [5, 5.41) is 0. The number of rotatable bonds is 2. The number of esters is 1. The lowest BCUT2D eigenvalue weighted by atomic mass is 10.1. The van der Waals surface area contributed by atoms with E-state index in [4.69, 9.17) is 14.2 Å². The van der Waals surface area contributed by atoms with Gasteiger partial charge in [0.05, 0.1) is 14.2 Å². The van der Waals surface area contributed by atoms with E-state index < -0.39 is 0 Å². The molecule has 2 rings (SSSR count). The van der Waals surface area contributed by atoms with E-state index in [9.17, 15) is 4.79 Å². The quantitative estimate of drug-likeness (QED) is 0.712. The first-order chi connectivity index (χ1) is 7.74. The maximum Gasteiger partial charge on any atom is 0.331 e. The molecule has 4 heteroatoms. The predicted molar refractivity (Wildman–Crippen MR) is 58.4 cm³/mol. The molecule has 0 radical (unpaired) electrons. The van der Waals surface area contributed by atoms with Crippen LogP contribution in [0, 0.1) is 0 Å². The summed E-state index contributed by atoms with van der Waals surface area (Å²) in [5.74, 6) is 0.932. The lowest BCUT2D eigenvalue weighted by molar-refractivity contribution is -0.138. The lowest BCUT2D eigenvalue weighted by Crippen LogP contribution is -1.99. The fraction of sp³-hybridized carbons (Fsp3) is 0.250. The van der Waals surface area contributed by atoms with E-state index in [0.29, 0.717) is 11.5 Å². The molecular formula is C12H12O4. The zero-order chi connectivity index (χ0) is 11.5. The van der Waals surface area contributed by atoms with Crippen LogP contribution in [0.3, 0.4) is 0 Å². The van der Waals surface area contributed by atoms with Crippen LogP contribution in [0.2, 0.25) is 0 Å². The number of carbonyl (C=O) groups excluding carboxylic acids is 1. The van der Waals surface area contributed by atoms with Crippen molar-refractivity contribution in [3.8, 4) is 11.5 Å². The van der Waals surface area contributed by atoms with E-state index in [1.807, 2.05) is 12.1 Å². The van der Waals surface area contributed by atoms with Gasteiger partial charge in [0.2, 0.25) is 0 Å². The van der Waals surface area contributed by atoms with Gasteiger partial charge < -0.3 is 14.2 Å². The molecule has 0 amide bonds. The van der Waals surface area contributed by atoms with Crippen molar-refractivity contribution in [3.05, 3.63) is 29.3 Å². The highest BCUT2D eigenvalue weighted by molar-refractivity contribution is 5.88. The van der Waals surface area contributed by atoms with Crippen molar-refractivity contribution in [2.75, 3.05) is 14.2 Å². The maximum absolute atomic E-state index is 11.1. The van der Waals surface area contributed by atoms with Gasteiger partial charge in [0, 0.05) is 11.6 Å². The van der Waals surface area contributed by atoms with Crippen molar-refractivity contribution in [2.24, 2.45) is 0 Å². The van der Waals surface area contributed by atoms with E-state index in [2.05, 4.69) is 0 Å². The third kappa shape index (κ3) is 1.86. The average Bonchev–Trinajstić information content (AvgIpc) is 2.50. The largest absolute Gasteiger partial charge is 0.493 e. The standard InChI is InChI=1S/C12H12O4/c1-14-10-5-8-3-4-12(13)16-7-9(8)6-11(10)15-2/h3-6H,7H2,1-2H3. The van der Waals surface area contributed by atoms with E-state index >= 15 is 0 Å². The minimum atomic E-state index is -0.339. The van der Waals surface area contributed by atoms with Crippen LogP contribution in [0.1, 0.15) is 11.1 Å². The summed E-state index contributed by atoms with van der Waals surface area (Å²) in [7, 11) is 3.15. The Balaban J connectivity index is 2.49. The molecule has 0 saturated heterocycles. The van der Waals surface area contributed by atoms with Crippen LogP contribution in [-0.4, -0.2) is 20.2 Å². The van der Waals surface area contributed by atoms with E-state index in [1.54, 1.807) is 20.3 Å². The molecule has 0 spiro atoms. The molecule has 16 heavy (non-hydrogen) atoms. The summed E-state index contributed by atoms with van der Waals surface area (Å²) in [6.45, 7) is 0.252. The Bertz CT molecular complexity index is 449. The van der Waals surface area contributed by atoms with Gasteiger partial charge in [-0.2, -0.15) is 0 Å². The second kappa shape index (κ2) is 4.26. The van der Waals surface area contributed by atoms with E-state index in [-0.39, 0.29) is 12.6 Å². The van der Waals surface area contributed by atoms with Crippen LogP contribution < -0.4 is 9.47 Å². The predicted octanol–water partition coefficient (Wildman–Crippen LogP) is 1.77. The van der Waals surface area contributed by atoms with E-state index in [0.717, 1.165) is 11.1 Å². The first-order valence-electron chi connectivity index (χ1n) is 4.84. The van der Waals surface area contributed by atoms with Crippen LogP contribution in [-0.2, 0) is 16.1 Å². The van der Waals surface area contributed by atoms with Crippen molar-refractivity contribution < 1.29 is 19.0 Å². The van der Waals surface area contributed by atoms with Crippen molar-refractivity contribution in [1.29, 1.82) is 0 Å². The summed E-state index contributed by atoms with van der Waals surface area (Å²) in [6, 6.07) is 3.64. The molecule has 0 aliphatic carbocycles. The Morgan fingerprint density at radius 1 is 1.12 bits per heavy atom. The Kier molecular flexibility index (Phi) is 2.81. The van der Waals surface area contributed by atoms with Crippen LogP contribution in [0.25, 0.3) is 6.08 Å². The van der Waals surface area contributed by atoms with Gasteiger partial charge in [-0.05, 0) is 23.8 Å². The van der Waals surface area contributed by atoms with Gasteiger partial charge >= 0.3 is 5.97 Å². The van der Waals surface area contributed by atoms with E-state index in [1.165, 1.54) is 6.08 Å². The molecule has 0 saturated carbocycles. The highest BCUT2D eigenvalue weighted by Gasteiger charge is 2.13. The van der Waals surface area contributed by atoms with Gasteiger partial charge in [0.1, 0.15) is 6.61 Å². The zero-order valence-corrected chi connectivity index (χ0v) is 9.15. The molecule has 0 unspecified atom stereocenters. The molecule has 1 aliphatic rings. The Morgan fingerprint density at radius 3 is 2.50 bits per heavy atom. The van der Waals surface area contributed by atoms with Gasteiger partial charge in [0.15, 0.2) is 11.5 Å². The minimum Gasteiger partial charge on any atom is -0.493 e. The fourth-order valence-electron chi connectivity index (χ4n) is 1.57. The molecule has 84 valence electrons. The second-order valence-corrected chi connectivity index (χ2v) is 3.35. The summed E-state index contributed by atoms with van der Waals surface area (Å²) < 4.78 is 15.3. The van der Waals surface area contributed by atoms with Crippen LogP contribution in [0.5, 0.6) is 11.5 Å². The topological polar surface area (TPSA) is 44.8 Å². The minimum absolute atomic E-state index is 0.252. The first kappa shape index (κ1) is 10.5. The molecule has 0 bridgehead atoms. The Hall–Kier alpha value is -1.97. The number of hydrogen-bond donors (Lipinski definition) is 0. The fourth-order valence-corrected chi connectivity index (χ4v) is 1.57. The lowest BCUT2D eigenvalue weighted by Gasteiger charge is -2.11. The number of hydrogen-bond acceptors (Lipinski definition) is 4. The van der Waals surface area contributed by atoms with Gasteiger partial charge in [-0.15, -0.1) is 0 Å².